The van der Waals surface area contributed by atoms with Gasteiger partial charge >= 0.3 is 0 Å². The van der Waals surface area contributed by atoms with E-state index in [-0.39, 0.29) is 11.8 Å². The normalized spacial score (nSPS) is 16.8. The summed E-state index contributed by atoms with van der Waals surface area (Å²) >= 11 is 0. The van der Waals surface area contributed by atoms with E-state index in [1.165, 1.54) is 5.56 Å². The summed E-state index contributed by atoms with van der Waals surface area (Å²) in [6, 6.07) is 13.8. The number of piperidine rings is 1. The zero-order chi connectivity index (χ0) is 21.8. The molecule has 0 spiro atoms. The van der Waals surface area contributed by atoms with E-state index in [0.717, 1.165) is 30.5 Å². The molecule has 0 aliphatic carbocycles. The summed E-state index contributed by atoms with van der Waals surface area (Å²) < 4.78 is 10.8. The third-order valence-corrected chi connectivity index (χ3v) is 5.63. The van der Waals surface area contributed by atoms with E-state index in [9.17, 15) is 4.79 Å². The molecule has 1 aromatic heterocycles. The number of hydrogen-bond donors (Lipinski definition) is 1. The van der Waals surface area contributed by atoms with Crippen molar-refractivity contribution < 1.29 is 14.1 Å². The van der Waals surface area contributed by atoms with Gasteiger partial charge in [0.05, 0.1) is 25.3 Å². The fourth-order valence-electron chi connectivity index (χ4n) is 3.90. The second-order valence-corrected chi connectivity index (χ2v) is 8.15. The minimum Gasteiger partial charge on any atom is -0.495 e. The zero-order valence-electron chi connectivity index (χ0n) is 18.2. The maximum absolute atomic E-state index is 12.9. The van der Waals surface area contributed by atoms with Crippen molar-refractivity contribution in [2.45, 2.75) is 33.2 Å². The molecule has 1 saturated heterocycles. The zero-order valence-corrected chi connectivity index (χ0v) is 18.2. The molecule has 1 aliphatic heterocycles. The summed E-state index contributed by atoms with van der Waals surface area (Å²) in [6.07, 6.45) is 1.80. The Balaban J connectivity index is 1.38. The molecule has 2 heterocycles. The lowest BCUT2D eigenvalue weighted by molar-refractivity contribution is -0.121. The van der Waals surface area contributed by atoms with Gasteiger partial charge in [-0.1, -0.05) is 41.1 Å². The summed E-state index contributed by atoms with van der Waals surface area (Å²) in [6.45, 7) is 6.13. The van der Waals surface area contributed by atoms with Crippen LogP contribution in [0.3, 0.4) is 0 Å². The van der Waals surface area contributed by atoms with Gasteiger partial charge in [0.15, 0.2) is 0 Å². The average Bonchev–Trinajstić information content (AvgIpc) is 3.23. The van der Waals surface area contributed by atoms with Crippen LogP contribution >= 0.6 is 0 Å². The quantitative estimate of drug-likeness (QED) is 0.643. The van der Waals surface area contributed by atoms with Crippen molar-refractivity contribution in [1.29, 1.82) is 0 Å². The van der Waals surface area contributed by atoms with Gasteiger partial charge < -0.3 is 14.6 Å². The highest BCUT2D eigenvalue weighted by Gasteiger charge is 2.27. The molecule has 2 aromatic carbocycles. The molecule has 1 aliphatic rings. The highest BCUT2D eigenvalue weighted by molar-refractivity contribution is 5.94. The molecular formula is C24H28N4O3. The van der Waals surface area contributed by atoms with Gasteiger partial charge in [-0.15, -0.1) is 0 Å². The van der Waals surface area contributed by atoms with Crippen molar-refractivity contribution in [3.63, 3.8) is 0 Å². The van der Waals surface area contributed by atoms with Gasteiger partial charge in [-0.3, -0.25) is 9.69 Å². The topological polar surface area (TPSA) is 80.5 Å². The van der Waals surface area contributed by atoms with Crippen LogP contribution in [-0.2, 0) is 11.3 Å². The lowest BCUT2D eigenvalue weighted by Crippen LogP contribution is -2.40. The number of nitrogens with one attached hydrogen (secondary N) is 1. The predicted molar refractivity (Wildman–Crippen MR) is 119 cm³/mol. The second-order valence-electron chi connectivity index (χ2n) is 8.15. The van der Waals surface area contributed by atoms with Crippen molar-refractivity contribution in [3.8, 4) is 17.1 Å². The number of benzene rings is 2. The molecule has 1 fully saturated rings. The molecule has 1 atom stereocenters. The molecular weight excluding hydrogens is 392 g/mol. The number of ether oxygens (including phenoxy) is 1. The Morgan fingerprint density at radius 2 is 1.97 bits per heavy atom. The highest BCUT2D eigenvalue weighted by atomic mass is 16.5. The van der Waals surface area contributed by atoms with E-state index in [1.807, 2.05) is 56.3 Å². The molecule has 1 N–H and O–H groups in total. The Bertz CT molecular complexity index is 1050. The molecule has 1 amide bonds. The molecule has 7 heteroatoms. The standard InChI is InChI=1S/C24H28N4O3/c1-16-6-9-18(10-7-16)23-26-22(31-27-23)15-28-12-4-5-19(14-28)24(29)25-20-13-17(2)8-11-21(20)30-3/h6-11,13,19H,4-5,12,14-15H2,1-3H3,(H,25,29). The number of aromatic nitrogens is 2. The molecule has 3 aromatic rings. The monoisotopic (exact) mass is 420 g/mol. The largest absolute Gasteiger partial charge is 0.495 e. The van der Waals surface area contributed by atoms with E-state index >= 15 is 0 Å². The first-order chi connectivity index (χ1) is 15.0. The van der Waals surface area contributed by atoms with Crippen molar-refractivity contribution in [1.82, 2.24) is 15.0 Å². The van der Waals surface area contributed by atoms with Gasteiger partial charge in [0.25, 0.3) is 0 Å². The first kappa shape index (κ1) is 21.1. The summed E-state index contributed by atoms with van der Waals surface area (Å²) in [4.78, 5) is 19.7. The van der Waals surface area contributed by atoms with E-state index < -0.39 is 0 Å². The molecule has 7 nitrogen and oxygen atoms in total. The molecule has 0 bridgehead atoms. The van der Waals surface area contributed by atoms with Gasteiger partial charge in [-0.25, -0.2) is 0 Å². The first-order valence-electron chi connectivity index (χ1n) is 10.6. The van der Waals surface area contributed by atoms with Gasteiger partial charge in [-0.2, -0.15) is 4.98 Å². The maximum Gasteiger partial charge on any atom is 0.241 e. The van der Waals surface area contributed by atoms with Crippen LogP contribution in [0.4, 0.5) is 5.69 Å². The van der Waals surface area contributed by atoms with E-state index in [0.29, 0.717) is 36.2 Å². The highest BCUT2D eigenvalue weighted by Crippen LogP contribution is 2.27. The van der Waals surface area contributed by atoms with Gasteiger partial charge in [0.1, 0.15) is 5.75 Å². The second kappa shape index (κ2) is 9.31. The lowest BCUT2D eigenvalue weighted by atomic mass is 9.97. The van der Waals surface area contributed by atoms with Gasteiger partial charge in [-0.05, 0) is 50.9 Å². The summed E-state index contributed by atoms with van der Waals surface area (Å²) in [5.41, 5.74) is 3.91. The van der Waals surface area contributed by atoms with Crippen LogP contribution in [-0.4, -0.2) is 41.1 Å². The van der Waals surface area contributed by atoms with Crippen molar-refractivity contribution in [2.75, 3.05) is 25.5 Å². The predicted octanol–water partition coefficient (Wildman–Crippen LogP) is 4.21. The average molecular weight is 421 g/mol. The first-order valence-corrected chi connectivity index (χ1v) is 10.6. The fourth-order valence-corrected chi connectivity index (χ4v) is 3.90. The molecule has 0 radical (unpaired) electrons. The number of carbonyl (C=O) groups excluding carboxylic acids is 1. The van der Waals surface area contributed by atoms with Crippen molar-refractivity contribution in [3.05, 3.63) is 59.5 Å². The molecule has 31 heavy (non-hydrogen) atoms. The third-order valence-electron chi connectivity index (χ3n) is 5.63. The Morgan fingerprint density at radius 3 is 2.74 bits per heavy atom. The van der Waals surface area contributed by atoms with Crippen LogP contribution in [0, 0.1) is 19.8 Å². The Morgan fingerprint density at radius 1 is 1.19 bits per heavy atom. The molecule has 1 unspecified atom stereocenters. The van der Waals surface area contributed by atoms with Crippen LogP contribution < -0.4 is 10.1 Å². The molecule has 0 saturated carbocycles. The molecule has 162 valence electrons. The van der Waals surface area contributed by atoms with Gasteiger partial charge in [0, 0.05) is 12.1 Å². The minimum atomic E-state index is -0.0986. The number of nitrogens with zero attached hydrogens (tertiary/aromatic N) is 3. The van der Waals surface area contributed by atoms with Crippen LogP contribution in [0.1, 0.15) is 29.9 Å². The number of rotatable bonds is 6. The Hall–Kier alpha value is -3.19. The maximum atomic E-state index is 12.9. The number of amides is 1. The van der Waals surface area contributed by atoms with Crippen LogP contribution in [0.2, 0.25) is 0 Å². The van der Waals surface area contributed by atoms with Crippen molar-refractivity contribution >= 4 is 11.6 Å². The number of methoxy groups -OCH3 is 1. The molecule has 4 rings (SSSR count). The van der Waals surface area contributed by atoms with E-state index in [4.69, 9.17) is 9.26 Å². The third kappa shape index (κ3) is 5.11. The number of likely N-dealkylation sites (tertiary alicyclic amines) is 1. The van der Waals surface area contributed by atoms with Crippen LogP contribution in [0.25, 0.3) is 11.4 Å². The number of aryl methyl sites for hydroxylation is 2. The van der Waals surface area contributed by atoms with E-state index in [2.05, 4.69) is 20.4 Å². The Kier molecular flexibility index (Phi) is 6.32. The van der Waals surface area contributed by atoms with Crippen molar-refractivity contribution in [2.24, 2.45) is 5.92 Å². The summed E-state index contributed by atoms with van der Waals surface area (Å²) in [7, 11) is 1.61. The fraction of sp³-hybridized carbons (Fsp3) is 0.375. The van der Waals surface area contributed by atoms with Crippen LogP contribution in [0.5, 0.6) is 5.75 Å². The summed E-state index contributed by atoms with van der Waals surface area (Å²) in [5.74, 6) is 1.74. The lowest BCUT2D eigenvalue weighted by Gasteiger charge is -2.31. The van der Waals surface area contributed by atoms with E-state index in [1.54, 1.807) is 7.11 Å². The number of carbonyl (C=O) groups is 1. The number of anilines is 1. The number of hydrogen-bond acceptors (Lipinski definition) is 6. The summed E-state index contributed by atoms with van der Waals surface area (Å²) in [5, 5.41) is 7.16. The smallest absolute Gasteiger partial charge is 0.241 e. The minimum absolute atomic E-state index is 0.0134. The Labute approximate surface area is 182 Å². The van der Waals surface area contributed by atoms with Crippen LogP contribution in [0.15, 0.2) is 47.0 Å². The van der Waals surface area contributed by atoms with Gasteiger partial charge in [0.2, 0.25) is 17.6 Å². The SMILES string of the molecule is COc1ccc(C)cc1NC(=O)C1CCCN(Cc2nc(-c3ccc(C)cc3)no2)C1.